The minimum absolute atomic E-state index is 0.0582. The summed E-state index contributed by atoms with van der Waals surface area (Å²) in [5.41, 5.74) is 0. The molecule has 1 heterocycles. The van der Waals surface area contributed by atoms with Gasteiger partial charge >= 0.3 is 5.97 Å². The van der Waals surface area contributed by atoms with Crippen LogP contribution >= 0.6 is 0 Å². The molecule has 0 aliphatic heterocycles. The predicted molar refractivity (Wildman–Crippen MR) is 56.3 cm³/mol. The second kappa shape index (κ2) is 5.04. The van der Waals surface area contributed by atoms with Crippen LogP contribution in [0.5, 0.6) is 0 Å². The lowest BCUT2D eigenvalue weighted by Gasteiger charge is -2.15. The lowest BCUT2D eigenvalue weighted by Crippen LogP contribution is -2.29. The van der Waals surface area contributed by atoms with Gasteiger partial charge in [0.1, 0.15) is 4.90 Å². The van der Waals surface area contributed by atoms with Crippen molar-refractivity contribution >= 4 is 16.0 Å². The fourth-order valence-corrected chi connectivity index (χ4v) is 2.19. The van der Waals surface area contributed by atoms with Crippen molar-refractivity contribution in [2.24, 2.45) is 0 Å². The minimum Gasteiger partial charge on any atom is -0.481 e. The van der Waals surface area contributed by atoms with Gasteiger partial charge in [0.25, 0.3) is 0 Å². The Morgan fingerprint density at radius 1 is 1.56 bits per heavy atom. The van der Waals surface area contributed by atoms with Gasteiger partial charge in [-0.25, -0.2) is 12.7 Å². The van der Waals surface area contributed by atoms with Gasteiger partial charge in [0.2, 0.25) is 10.0 Å². The maximum Gasteiger partial charge on any atom is 0.304 e. The number of carbonyl (C=O) groups is 1. The van der Waals surface area contributed by atoms with E-state index in [4.69, 9.17) is 5.11 Å². The molecular formula is C9H12N2O4S. The molecule has 7 heteroatoms. The summed E-state index contributed by atoms with van der Waals surface area (Å²) in [6, 6.07) is 2.93. The number of aliphatic carboxylic acids is 1. The molecule has 0 unspecified atom stereocenters. The highest BCUT2D eigenvalue weighted by Crippen LogP contribution is 2.12. The smallest absolute Gasteiger partial charge is 0.304 e. The van der Waals surface area contributed by atoms with Gasteiger partial charge in [-0.2, -0.15) is 0 Å². The van der Waals surface area contributed by atoms with Gasteiger partial charge in [-0.1, -0.05) is 0 Å². The van der Waals surface area contributed by atoms with Crippen LogP contribution in [-0.2, 0) is 14.8 Å². The number of hydrogen-bond acceptors (Lipinski definition) is 4. The third kappa shape index (κ3) is 3.01. The largest absolute Gasteiger partial charge is 0.481 e. The van der Waals surface area contributed by atoms with E-state index in [-0.39, 0.29) is 17.9 Å². The van der Waals surface area contributed by atoms with Crippen molar-refractivity contribution in [1.82, 2.24) is 9.29 Å². The highest BCUT2D eigenvalue weighted by molar-refractivity contribution is 7.89. The van der Waals surface area contributed by atoms with Crippen molar-refractivity contribution in [3.8, 4) is 0 Å². The first-order valence-electron chi connectivity index (χ1n) is 4.53. The third-order valence-electron chi connectivity index (χ3n) is 1.98. The van der Waals surface area contributed by atoms with Crippen LogP contribution in [0.15, 0.2) is 29.4 Å². The van der Waals surface area contributed by atoms with Crippen LogP contribution < -0.4 is 0 Å². The van der Waals surface area contributed by atoms with Crippen molar-refractivity contribution in [3.05, 3.63) is 24.5 Å². The number of hydrogen-bond donors (Lipinski definition) is 1. The molecule has 6 nitrogen and oxygen atoms in total. The molecule has 1 N–H and O–H groups in total. The van der Waals surface area contributed by atoms with Crippen LogP contribution in [0, 0.1) is 0 Å². The Morgan fingerprint density at radius 2 is 2.25 bits per heavy atom. The van der Waals surface area contributed by atoms with Gasteiger partial charge in [-0.05, 0) is 12.1 Å². The standard InChI is InChI=1S/C9H12N2O4S/c1-11(6-4-9(12)13)16(14,15)8-3-2-5-10-7-8/h2-3,5,7H,4,6H2,1H3,(H,12,13). The number of rotatable bonds is 5. The molecule has 0 saturated heterocycles. The van der Waals surface area contributed by atoms with Crippen molar-refractivity contribution in [3.63, 3.8) is 0 Å². The van der Waals surface area contributed by atoms with E-state index in [0.717, 1.165) is 4.31 Å². The molecule has 1 rings (SSSR count). The summed E-state index contributed by atoms with van der Waals surface area (Å²) >= 11 is 0. The molecule has 0 bridgehead atoms. The summed E-state index contributed by atoms with van der Waals surface area (Å²) in [6.07, 6.45) is 2.47. The molecule has 16 heavy (non-hydrogen) atoms. The van der Waals surface area contributed by atoms with E-state index >= 15 is 0 Å². The first-order valence-corrected chi connectivity index (χ1v) is 5.97. The van der Waals surface area contributed by atoms with Crippen molar-refractivity contribution in [2.75, 3.05) is 13.6 Å². The van der Waals surface area contributed by atoms with E-state index < -0.39 is 16.0 Å². The topological polar surface area (TPSA) is 87.6 Å². The fraction of sp³-hybridized carbons (Fsp3) is 0.333. The lowest BCUT2D eigenvalue weighted by molar-refractivity contribution is -0.137. The summed E-state index contributed by atoms with van der Waals surface area (Å²) < 4.78 is 24.7. The highest BCUT2D eigenvalue weighted by atomic mass is 32.2. The van der Waals surface area contributed by atoms with Gasteiger partial charge in [-0.15, -0.1) is 0 Å². The summed E-state index contributed by atoms with van der Waals surface area (Å²) in [6.45, 7) is -0.0629. The van der Waals surface area contributed by atoms with Crippen LogP contribution in [0.3, 0.4) is 0 Å². The van der Waals surface area contributed by atoms with E-state index in [1.165, 1.54) is 31.6 Å². The average Bonchev–Trinajstić information content (AvgIpc) is 2.27. The molecule has 0 amide bonds. The quantitative estimate of drug-likeness (QED) is 0.798. The number of carboxylic acid groups (broad SMARTS) is 1. The van der Waals surface area contributed by atoms with E-state index in [9.17, 15) is 13.2 Å². The summed E-state index contributed by atoms with van der Waals surface area (Å²) in [7, 11) is -2.29. The van der Waals surface area contributed by atoms with Gasteiger partial charge in [0.05, 0.1) is 6.42 Å². The number of nitrogens with zero attached hydrogens (tertiary/aromatic N) is 2. The van der Waals surface area contributed by atoms with Crippen LogP contribution in [0.2, 0.25) is 0 Å². The molecular weight excluding hydrogens is 232 g/mol. The summed E-state index contributed by atoms with van der Waals surface area (Å²) in [5.74, 6) is -1.03. The SMILES string of the molecule is CN(CCC(=O)O)S(=O)(=O)c1cccnc1. The third-order valence-corrected chi connectivity index (χ3v) is 3.82. The Bertz CT molecular complexity index is 458. The molecule has 0 aliphatic rings. The number of carboxylic acids is 1. The molecule has 0 atom stereocenters. The van der Waals surface area contributed by atoms with Gasteiger partial charge in [0.15, 0.2) is 0 Å². The van der Waals surface area contributed by atoms with Crippen molar-refractivity contribution < 1.29 is 18.3 Å². The Hall–Kier alpha value is -1.47. The second-order valence-corrected chi connectivity index (χ2v) is 5.20. The second-order valence-electron chi connectivity index (χ2n) is 3.16. The Morgan fingerprint density at radius 3 is 2.75 bits per heavy atom. The number of pyridine rings is 1. The summed E-state index contributed by atoms with van der Waals surface area (Å²) in [5, 5.41) is 8.46. The molecule has 0 aliphatic carbocycles. The van der Waals surface area contributed by atoms with Crippen molar-refractivity contribution in [2.45, 2.75) is 11.3 Å². The molecule has 88 valence electrons. The van der Waals surface area contributed by atoms with E-state index in [1.807, 2.05) is 0 Å². The normalized spacial score (nSPS) is 11.6. The molecule has 0 saturated carbocycles. The molecule has 0 fully saturated rings. The number of aromatic nitrogens is 1. The first kappa shape index (κ1) is 12.6. The van der Waals surface area contributed by atoms with Crippen LogP contribution in [0.1, 0.15) is 6.42 Å². The molecule has 0 aromatic carbocycles. The van der Waals surface area contributed by atoms with Crippen molar-refractivity contribution in [1.29, 1.82) is 0 Å². The maximum absolute atomic E-state index is 11.8. The van der Waals surface area contributed by atoms with Crippen LogP contribution in [0.25, 0.3) is 0 Å². The summed E-state index contributed by atoms with van der Waals surface area (Å²) in [4.78, 5) is 14.1. The zero-order chi connectivity index (χ0) is 12.2. The molecule has 0 spiro atoms. The Balaban J connectivity index is 2.82. The van der Waals surface area contributed by atoms with Crippen LogP contribution in [0.4, 0.5) is 0 Å². The molecule has 1 aromatic rings. The predicted octanol–water partition coefficient (Wildman–Crippen LogP) is 0.177. The van der Waals surface area contributed by atoms with E-state index in [2.05, 4.69) is 4.98 Å². The lowest BCUT2D eigenvalue weighted by atomic mass is 10.4. The Labute approximate surface area is 93.6 Å². The molecule has 0 radical (unpaired) electrons. The first-order chi connectivity index (χ1) is 7.44. The fourth-order valence-electron chi connectivity index (χ4n) is 1.05. The number of sulfonamides is 1. The highest BCUT2D eigenvalue weighted by Gasteiger charge is 2.20. The van der Waals surface area contributed by atoms with Gasteiger partial charge < -0.3 is 5.11 Å². The minimum atomic E-state index is -3.63. The van der Waals surface area contributed by atoms with E-state index in [1.54, 1.807) is 0 Å². The average molecular weight is 244 g/mol. The van der Waals surface area contributed by atoms with Gasteiger partial charge in [-0.3, -0.25) is 9.78 Å². The van der Waals surface area contributed by atoms with Crippen LogP contribution in [-0.4, -0.2) is 42.4 Å². The zero-order valence-electron chi connectivity index (χ0n) is 8.70. The zero-order valence-corrected chi connectivity index (χ0v) is 9.51. The Kier molecular flexibility index (Phi) is 3.97. The maximum atomic E-state index is 11.8. The van der Waals surface area contributed by atoms with Gasteiger partial charge in [0, 0.05) is 26.0 Å². The van der Waals surface area contributed by atoms with E-state index in [0.29, 0.717) is 0 Å². The monoisotopic (exact) mass is 244 g/mol. The molecule has 1 aromatic heterocycles.